The fourth-order valence-corrected chi connectivity index (χ4v) is 3.05. The van der Waals surface area contributed by atoms with Crippen LogP contribution < -0.4 is 0 Å². The Hall–Kier alpha value is -2.92. The summed E-state index contributed by atoms with van der Waals surface area (Å²) in [5, 5.41) is 0. The number of likely N-dealkylation sites (N-methyl/N-ethyl adjacent to an activating group) is 1. The molecule has 0 saturated carbocycles. The van der Waals surface area contributed by atoms with Gasteiger partial charge in [-0.2, -0.15) is 0 Å². The number of aromatic nitrogens is 2. The second kappa shape index (κ2) is 7.97. The van der Waals surface area contributed by atoms with Crippen molar-refractivity contribution in [2.24, 2.45) is 0 Å². The monoisotopic (exact) mass is 349 g/mol. The molecule has 0 atom stereocenters. The van der Waals surface area contributed by atoms with Crippen LogP contribution in [0, 0.1) is 0 Å². The number of imidazole rings is 1. The van der Waals surface area contributed by atoms with Gasteiger partial charge in [0.25, 0.3) is 0 Å². The summed E-state index contributed by atoms with van der Waals surface area (Å²) in [6.07, 6.45) is 3.38. The number of carbonyl (C=O) groups is 1. The highest BCUT2D eigenvalue weighted by Gasteiger charge is 2.47. The van der Waals surface area contributed by atoms with Gasteiger partial charge in [0.1, 0.15) is 12.4 Å². The second-order valence-corrected chi connectivity index (χ2v) is 6.36. The van der Waals surface area contributed by atoms with E-state index in [1.165, 1.54) is 0 Å². The Morgan fingerprint density at radius 3 is 2.08 bits per heavy atom. The molecule has 1 heterocycles. The zero-order chi connectivity index (χ0) is 18.4. The third kappa shape index (κ3) is 3.39. The molecule has 0 unspecified atom stereocenters. The summed E-state index contributed by atoms with van der Waals surface area (Å²) in [6.45, 7) is 0.970. The Morgan fingerprint density at radius 1 is 1.04 bits per heavy atom. The number of nitrogens with one attached hydrogen (secondary N) is 1. The molecule has 0 saturated heterocycles. The number of hydrogen-bond donors (Lipinski definition) is 1. The number of nitrogens with zero attached hydrogens (tertiary/aromatic N) is 2. The van der Waals surface area contributed by atoms with Crippen LogP contribution in [0.15, 0.2) is 73.1 Å². The average Bonchev–Trinajstić information content (AvgIpc) is 3.19. The van der Waals surface area contributed by atoms with Gasteiger partial charge in [-0.3, -0.25) is 4.79 Å². The van der Waals surface area contributed by atoms with Gasteiger partial charge in [0.05, 0.1) is 0 Å². The highest BCUT2D eigenvalue weighted by Crippen LogP contribution is 2.38. The first kappa shape index (κ1) is 17.9. The standard InChI is InChI=1S/C21H23N3O2/c1-24(2)15-16-26-20(25)21(19-22-13-14-23-19,17-9-5-3-6-10-17)18-11-7-4-8-12-18/h3-14H,15-16H2,1-2H3,(H,22,23). The lowest BCUT2D eigenvalue weighted by atomic mass is 9.73. The number of aromatic amines is 1. The molecule has 0 aliphatic heterocycles. The Labute approximate surface area is 153 Å². The highest BCUT2D eigenvalue weighted by molar-refractivity contribution is 5.91. The lowest BCUT2D eigenvalue weighted by Crippen LogP contribution is -2.41. The van der Waals surface area contributed by atoms with Crippen LogP contribution in [-0.4, -0.2) is 48.1 Å². The van der Waals surface area contributed by atoms with Crippen molar-refractivity contribution < 1.29 is 9.53 Å². The van der Waals surface area contributed by atoms with Crippen LogP contribution in [0.25, 0.3) is 0 Å². The largest absolute Gasteiger partial charge is 0.463 e. The third-order valence-electron chi connectivity index (χ3n) is 4.34. The van der Waals surface area contributed by atoms with Crippen molar-refractivity contribution in [1.29, 1.82) is 0 Å². The van der Waals surface area contributed by atoms with E-state index < -0.39 is 5.41 Å². The molecule has 3 rings (SSSR count). The maximum absolute atomic E-state index is 13.4. The van der Waals surface area contributed by atoms with Crippen LogP contribution in [0.1, 0.15) is 17.0 Å². The summed E-state index contributed by atoms with van der Waals surface area (Å²) in [7, 11) is 3.89. The Bertz CT molecular complexity index is 775. The molecule has 0 aliphatic carbocycles. The van der Waals surface area contributed by atoms with E-state index in [0.29, 0.717) is 19.0 Å². The van der Waals surface area contributed by atoms with Crippen molar-refractivity contribution in [3.05, 3.63) is 90.0 Å². The first-order valence-corrected chi connectivity index (χ1v) is 8.58. The van der Waals surface area contributed by atoms with Crippen LogP contribution in [0.5, 0.6) is 0 Å². The van der Waals surface area contributed by atoms with Gasteiger partial charge in [0.2, 0.25) is 0 Å². The molecule has 1 aromatic heterocycles. The number of carbonyl (C=O) groups excluding carboxylic acids is 1. The average molecular weight is 349 g/mol. The van der Waals surface area contributed by atoms with E-state index in [0.717, 1.165) is 11.1 Å². The number of esters is 1. The molecule has 0 bridgehead atoms. The maximum Gasteiger partial charge on any atom is 0.328 e. The smallest absolute Gasteiger partial charge is 0.328 e. The lowest BCUT2D eigenvalue weighted by molar-refractivity contribution is -0.148. The van der Waals surface area contributed by atoms with E-state index >= 15 is 0 Å². The van der Waals surface area contributed by atoms with Crippen molar-refractivity contribution >= 4 is 5.97 Å². The third-order valence-corrected chi connectivity index (χ3v) is 4.34. The van der Waals surface area contributed by atoms with Gasteiger partial charge in [-0.05, 0) is 25.2 Å². The van der Waals surface area contributed by atoms with Gasteiger partial charge in [0, 0.05) is 18.9 Å². The van der Waals surface area contributed by atoms with Gasteiger partial charge in [0.15, 0.2) is 5.41 Å². The molecular formula is C21H23N3O2. The van der Waals surface area contributed by atoms with E-state index in [1.807, 2.05) is 79.7 Å². The van der Waals surface area contributed by atoms with Crippen molar-refractivity contribution in [3.8, 4) is 0 Å². The first-order chi connectivity index (χ1) is 12.7. The minimum atomic E-state index is -1.14. The summed E-state index contributed by atoms with van der Waals surface area (Å²) in [4.78, 5) is 23.0. The van der Waals surface area contributed by atoms with Gasteiger partial charge in [-0.15, -0.1) is 0 Å². The SMILES string of the molecule is CN(C)CCOC(=O)C(c1ccccc1)(c1ccccc1)c1ncc[nH]1. The van der Waals surface area contributed by atoms with Gasteiger partial charge >= 0.3 is 5.97 Å². The van der Waals surface area contributed by atoms with Gasteiger partial charge in [-0.1, -0.05) is 60.7 Å². The summed E-state index contributed by atoms with van der Waals surface area (Å²) in [5.74, 6) is 0.205. The molecule has 0 spiro atoms. The quantitative estimate of drug-likeness (QED) is 0.667. The van der Waals surface area contributed by atoms with Crippen LogP contribution in [0.3, 0.4) is 0 Å². The second-order valence-electron chi connectivity index (χ2n) is 6.36. The molecule has 0 radical (unpaired) electrons. The first-order valence-electron chi connectivity index (χ1n) is 8.58. The molecule has 134 valence electrons. The summed E-state index contributed by atoms with van der Waals surface area (Å²) in [5.41, 5.74) is 0.491. The molecule has 2 aromatic carbocycles. The van der Waals surface area contributed by atoms with E-state index in [9.17, 15) is 4.79 Å². The molecule has 3 aromatic rings. The number of benzene rings is 2. The zero-order valence-corrected chi connectivity index (χ0v) is 15.1. The van der Waals surface area contributed by atoms with Crippen molar-refractivity contribution in [3.63, 3.8) is 0 Å². The molecule has 0 amide bonds. The molecule has 5 nitrogen and oxygen atoms in total. The van der Waals surface area contributed by atoms with E-state index in [4.69, 9.17) is 4.74 Å². The van der Waals surface area contributed by atoms with Crippen LogP contribution in [0.4, 0.5) is 0 Å². The van der Waals surface area contributed by atoms with Crippen LogP contribution in [-0.2, 0) is 14.9 Å². The number of H-pyrrole nitrogens is 1. The number of ether oxygens (including phenoxy) is 1. The molecule has 1 N–H and O–H groups in total. The molecule has 0 fully saturated rings. The summed E-state index contributed by atoms with van der Waals surface area (Å²) in [6, 6.07) is 19.3. The Morgan fingerprint density at radius 2 is 1.62 bits per heavy atom. The van der Waals surface area contributed by atoms with Gasteiger partial charge in [-0.25, -0.2) is 4.98 Å². The van der Waals surface area contributed by atoms with Crippen LogP contribution >= 0.6 is 0 Å². The van der Waals surface area contributed by atoms with Gasteiger partial charge < -0.3 is 14.6 Å². The van der Waals surface area contributed by atoms with Crippen molar-refractivity contribution in [2.75, 3.05) is 27.2 Å². The van der Waals surface area contributed by atoms with Crippen LogP contribution in [0.2, 0.25) is 0 Å². The topological polar surface area (TPSA) is 58.2 Å². The predicted octanol–water partition coefficient (Wildman–Crippen LogP) is 2.85. The fraction of sp³-hybridized carbons (Fsp3) is 0.238. The van der Waals surface area contributed by atoms with Crippen molar-refractivity contribution in [1.82, 2.24) is 14.9 Å². The molecule has 0 aliphatic rings. The fourth-order valence-electron chi connectivity index (χ4n) is 3.05. The number of hydrogen-bond acceptors (Lipinski definition) is 4. The lowest BCUT2D eigenvalue weighted by Gasteiger charge is -2.31. The highest BCUT2D eigenvalue weighted by atomic mass is 16.5. The minimum absolute atomic E-state index is 0.313. The zero-order valence-electron chi connectivity index (χ0n) is 15.1. The molecule has 5 heteroatoms. The minimum Gasteiger partial charge on any atom is -0.463 e. The van der Waals surface area contributed by atoms with E-state index in [2.05, 4.69) is 9.97 Å². The normalized spacial score (nSPS) is 11.5. The van der Waals surface area contributed by atoms with Crippen molar-refractivity contribution in [2.45, 2.75) is 5.41 Å². The van der Waals surface area contributed by atoms with E-state index in [1.54, 1.807) is 12.4 Å². The molecular weight excluding hydrogens is 326 g/mol. The van der Waals surface area contributed by atoms with E-state index in [-0.39, 0.29) is 5.97 Å². The Balaban J connectivity index is 2.15. The molecule has 26 heavy (non-hydrogen) atoms. The Kier molecular flexibility index (Phi) is 5.49. The summed E-state index contributed by atoms with van der Waals surface area (Å²) < 4.78 is 5.71. The maximum atomic E-state index is 13.4. The summed E-state index contributed by atoms with van der Waals surface area (Å²) >= 11 is 0. The number of rotatable bonds is 7. The predicted molar refractivity (Wildman–Crippen MR) is 101 cm³/mol.